The highest BCUT2D eigenvalue weighted by molar-refractivity contribution is 7.99. The van der Waals surface area contributed by atoms with Crippen molar-refractivity contribution < 1.29 is 4.43 Å². The summed E-state index contributed by atoms with van der Waals surface area (Å²) in [5.41, 5.74) is 0. The van der Waals surface area contributed by atoms with Crippen molar-refractivity contribution in [2.24, 2.45) is 5.92 Å². The fourth-order valence-electron chi connectivity index (χ4n) is 2.81. The second kappa shape index (κ2) is 7.49. The first kappa shape index (κ1) is 18.7. The Morgan fingerprint density at radius 3 is 2.52 bits per heavy atom. The molecule has 0 N–H and O–H groups in total. The lowest BCUT2D eigenvalue weighted by Crippen LogP contribution is -2.43. The first-order valence-corrected chi connectivity index (χ1v) is 12.2. The molecule has 23 heavy (non-hydrogen) atoms. The molecule has 0 radical (unpaired) electrons. The van der Waals surface area contributed by atoms with Crippen LogP contribution in [0.15, 0.2) is 36.3 Å². The lowest BCUT2D eigenvalue weighted by molar-refractivity contribution is 0.183. The summed E-state index contributed by atoms with van der Waals surface area (Å²) in [5.74, 6) is 0.607. The molecule has 3 nitrogen and oxygen atoms in total. The maximum atomic E-state index is 6.66. The Balaban J connectivity index is 2.04. The molecule has 3 atom stereocenters. The largest absolute Gasteiger partial charge is 0.414 e. The van der Waals surface area contributed by atoms with Gasteiger partial charge in [0, 0.05) is 23.7 Å². The molecule has 1 aromatic rings. The minimum Gasteiger partial charge on any atom is -0.414 e. The second-order valence-electron chi connectivity index (χ2n) is 7.94. The van der Waals surface area contributed by atoms with Crippen LogP contribution < -0.4 is 0 Å². The molecule has 0 saturated heterocycles. The van der Waals surface area contributed by atoms with Gasteiger partial charge in [-0.1, -0.05) is 38.6 Å². The van der Waals surface area contributed by atoms with Gasteiger partial charge in [0.25, 0.3) is 0 Å². The molecule has 0 bridgehead atoms. The Hall–Kier alpha value is -0.653. The summed E-state index contributed by atoms with van der Waals surface area (Å²) in [4.78, 5) is 8.74. The van der Waals surface area contributed by atoms with E-state index in [0.29, 0.717) is 17.3 Å². The summed E-state index contributed by atoms with van der Waals surface area (Å²) in [6.07, 6.45) is 9.30. The zero-order valence-electron chi connectivity index (χ0n) is 15.1. The third-order valence-electron chi connectivity index (χ3n) is 5.12. The van der Waals surface area contributed by atoms with Crippen LogP contribution in [0, 0.1) is 5.92 Å². The molecular weight excluding hydrogens is 320 g/mol. The van der Waals surface area contributed by atoms with E-state index in [0.717, 1.165) is 24.4 Å². The fraction of sp³-hybridized carbons (Fsp3) is 0.667. The number of nitrogens with zero attached hydrogens (tertiary/aromatic N) is 2. The molecule has 0 spiro atoms. The van der Waals surface area contributed by atoms with Crippen LogP contribution >= 0.6 is 11.8 Å². The van der Waals surface area contributed by atoms with Crippen LogP contribution in [0.3, 0.4) is 0 Å². The minimum absolute atomic E-state index is 0.259. The minimum atomic E-state index is -1.71. The average molecular weight is 351 g/mol. The first-order valence-electron chi connectivity index (χ1n) is 8.45. The van der Waals surface area contributed by atoms with E-state index in [9.17, 15) is 0 Å². The lowest BCUT2D eigenvalue weighted by Gasteiger charge is -2.38. The van der Waals surface area contributed by atoms with Crippen molar-refractivity contribution in [1.82, 2.24) is 9.97 Å². The van der Waals surface area contributed by atoms with E-state index in [1.165, 1.54) is 0 Å². The van der Waals surface area contributed by atoms with E-state index in [1.807, 2.05) is 24.5 Å². The number of hydrogen-bond acceptors (Lipinski definition) is 4. The predicted molar refractivity (Wildman–Crippen MR) is 101 cm³/mol. The highest BCUT2D eigenvalue weighted by Gasteiger charge is 2.43. The summed E-state index contributed by atoms with van der Waals surface area (Å²) >= 11 is 1.80. The van der Waals surface area contributed by atoms with Crippen LogP contribution in [0.2, 0.25) is 18.1 Å². The smallest absolute Gasteiger partial charge is 0.192 e. The molecule has 1 saturated carbocycles. The van der Waals surface area contributed by atoms with E-state index in [2.05, 4.69) is 50.4 Å². The van der Waals surface area contributed by atoms with Gasteiger partial charge in [-0.05, 0) is 49.4 Å². The summed E-state index contributed by atoms with van der Waals surface area (Å²) in [7, 11) is -1.71. The van der Waals surface area contributed by atoms with Crippen LogP contribution in [0.4, 0.5) is 0 Å². The van der Waals surface area contributed by atoms with Crippen molar-refractivity contribution >= 4 is 20.1 Å². The van der Waals surface area contributed by atoms with Gasteiger partial charge in [-0.15, -0.1) is 6.58 Å². The number of aromatic nitrogens is 2. The number of rotatable bonds is 6. The monoisotopic (exact) mass is 350 g/mol. The van der Waals surface area contributed by atoms with Crippen LogP contribution in [0.1, 0.15) is 40.0 Å². The Kier molecular flexibility index (Phi) is 6.08. The van der Waals surface area contributed by atoms with Crippen molar-refractivity contribution in [2.75, 3.05) is 0 Å². The third kappa shape index (κ3) is 4.91. The Bertz CT molecular complexity index is 516. The topological polar surface area (TPSA) is 35.0 Å². The van der Waals surface area contributed by atoms with E-state index >= 15 is 0 Å². The van der Waals surface area contributed by atoms with Gasteiger partial charge in [-0.25, -0.2) is 9.97 Å². The molecule has 1 fully saturated rings. The maximum Gasteiger partial charge on any atom is 0.192 e. The van der Waals surface area contributed by atoms with Crippen LogP contribution in [-0.4, -0.2) is 29.6 Å². The second-order valence-corrected chi connectivity index (χ2v) is 13.9. The third-order valence-corrected chi connectivity index (χ3v) is 11.0. The summed E-state index contributed by atoms with van der Waals surface area (Å²) < 4.78 is 6.66. The molecule has 1 unspecified atom stereocenters. The van der Waals surface area contributed by atoms with Crippen molar-refractivity contribution in [2.45, 2.75) is 74.7 Å². The molecule has 0 aromatic carbocycles. The van der Waals surface area contributed by atoms with Gasteiger partial charge in [0.05, 0.1) is 0 Å². The number of allylic oxidation sites excluding steroid dienone is 1. The predicted octanol–water partition coefficient (Wildman–Crippen LogP) is 5.31. The fourth-order valence-corrected chi connectivity index (χ4v) is 5.43. The molecule has 1 aromatic heterocycles. The van der Waals surface area contributed by atoms with E-state index in [4.69, 9.17) is 4.43 Å². The molecule has 1 aliphatic carbocycles. The van der Waals surface area contributed by atoms with Crippen LogP contribution in [-0.2, 0) is 4.43 Å². The highest BCUT2D eigenvalue weighted by Crippen LogP contribution is 2.44. The van der Waals surface area contributed by atoms with E-state index in [-0.39, 0.29) is 5.04 Å². The SMILES string of the molecule is C=CC[C@H]1CC(O[Si](C)(C)C(C)(C)C)C[C@@H]1Sc1ncccn1. The normalized spacial score (nSPS) is 25.5. The highest BCUT2D eigenvalue weighted by atomic mass is 32.2. The number of hydrogen-bond donors (Lipinski definition) is 0. The number of thioether (sulfide) groups is 1. The Morgan fingerprint density at radius 2 is 1.96 bits per heavy atom. The first-order chi connectivity index (χ1) is 10.7. The van der Waals surface area contributed by atoms with Gasteiger partial charge in [-0.2, -0.15) is 0 Å². The average Bonchev–Trinajstić information content (AvgIpc) is 2.80. The van der Waals surface area contributed by atoms with Crippen molar-refractivity contribution in [3.8, 4) is 0 Å². The summed E-state index contributed by atoms with van der Waals surface area (Å²) in [5, 5.41) is 1.65. The van der Waals surface area contributed by atoms with Gasteiger partial charge in [0.1, 0.15) is 0 Å². The van der Waals surface area contributed by atoms with E-state index < -0.39 is 8.32 Å². The summed E-state index contributed by atoms with van der Waals surface area (Å²) in [6, 6.07) is 1.86. The molecule has 1 aliphatic rings. The molecule has 2 rings (SSSR count). The molecule has 128 valence electrons. The zero-order chi connectivity index (χ0) is 17.1. The van der Waals surface area contributed by atoms with Crippen molar-refractivity contribution in [3.63, 3.8) is 0 Å². The molecule has 5 heteroatoms. The Morgan fingerprint density at radius 1 is 1.30 bits per heavy atom. The van der Waals surface area contributed by atoms with Gasteiger partial charge in [-0.3, -0.25) is 0 Å². The maximum absolute atomic E-state index is 6.66. The Labute approximate surface area is 146 Å². The summed E-state index contributed by atoms with van der Waals surface area (Å²) in [6.45, 7) is 15.5. The van der Waals surface area contributed by atoms with Gasteiger partial charge in [0.2, 0.25) is 0 Å². The van der Waals surface area contributed by atoms with Crippen LogP contribution in [0.5, 0.6) is 0 Å². The van der Waals surface area contributed by atoms with E-state index in [1.54, 1.807) is 11.8 Å². The van der Waals surface area contributed by atoms with Crippen molar-refractivity contribution in [1.29, 1.82) is 0 Å². The quantitative estimate of drug-likeness (QED) is 0.395. The van der Waals surface area contributed by atoms with Crippen LogP contribution in [0.25, 0.3) is 0 Å². The van der Waals surface area contributed by atoms with Gasteiger partial charge < -0.3 is 4.43 Å². The molecule has 0 aliphatic heterocycles. The molecule has 1 heterocycles. The van der Waals surface area contributed by atoms with Crippen molar-refractivity contribution in [3.05, 3.63) is 31.1 Å². The van der Waals surface area contributed by atoms with Gasteiger partial charge in [0.15, 0.2) is 13.5 Å². The zero-order valence-corrected chi connectivity index (χ0v) is 16.9. The lowest BCUT2D eigenvalue weighted by atomic mass is 10.0. The molecular formula is C18H30N2OSSi. The molecule has 0 amide bonds. The standard InChI is InChI=1S/C18H30N2OSSi/c1-7-9-14-12-15(21-23(5,6)18(2,3)4)13-16(14)22-17-19-10-8-11-20-17/h7-8,10-11,14-16H,1,9,12-13H2,2-6H3/t14-,15?,16-/m0/s1. The van der Waals surface area contributed by atoms with Gasteiger partial charge >= 0.3 is 0 Å².